The zero-order valence-electron chi connectivity index (χ0n) is 16.5. The molecule has 4 rings (SSSR count). The molecule has 1 unspecified atom stereocenters. The molecule has 0 saturated carbocycles. The molecule has 0 spiro atoms. The van der Waals surface area contributed by atoms with Crippen molar-refractivity contribution in [1.82, 2.24) is 9.88 Å². The van der Waals surface area contributed by atoms with Gasteiger partial charge in [-0.05, 0) is 37.5 Å². The Kier molecular flexibility index (Phi) is 5.37. The molecule has 0 bridgehead atoms. The largest absolute Gasteiger partial charge is 0.369 e. The Bertz CT molecular complexity index is 992. The van der Waals surface area contributed by atoms with Crippen LogP contribution in [-0.2, 0) is 21.4 Å². The van der Waals surface area contributed by atoms with E-state index in [1.54, 1.807) is 11.3 Å². The van der Waals surface area contributed by atoms with E-state index in [0.29, 0.717) is 32.4 Å². The summed E-state index contributed by atoms with van der Waals surface area (Å²) in [6.45, 7) is 3.14. The number of carbonyl (C=O) groups excluding carboxylic acids is 2. The second-order valence-electron chi connectivity index (χ2n) is 7.92. The van der Waals surface area contributed by atoms with Gasteiger partial charge < -0.3 is 10.6 Å². The third-order valence-electron chi connectivity index (χ3n) is 5.91. The molecule has 5 nitrogen and oxygen atoms in total. The van der Waals surface area contributed by atoms with E-state index in [2.05, 4.69) is 6.07 Å². The van der Waals surface area contributed by atoms with Crippen LogP contribution in [0.4, 0.5) is 0 Å². The van der Waals surface area contributed by atoms with Crippen LogP contribution in [0, 0.1) is 5.92 Å². The van der Waals surface area contributed by atoms with Crippen LogP contribution in [0.2, 0.25) is 0 Å². The van der Waals surface area contributed by atoms with Crippen molar-refractivity contribution in [3.8, 4) is 0 Å². The normalized spacial score (nSPS) is 17.2. The minimum absolute atomic E-state index is 0.0888. The summed E-state index contributed by atoms with van der Waals surface area (Å²) >= 11 is 1.64. The molecule has 1 atom stereocenters. The number of para-hydroxylation sites is 1. The molecule has 3 aromatic rings. The van der Waals surface area contributed by atoms with E-state index >= 15 is 0 Å². The Balaban J connectivity index is 1.64. The lowest BCUT2D eigenvalue weighted by Crippen LogP contribution is -2.50. The lowest BCUT2D eigenvalue weighted by Gasteiger charge is -2.38. The molecule has 29 heavy (non-hydrogen) atoms. The number of likely N-dealkylation sites (tertiary alicyclic amines) is 1. The highest BCUT2D eigenvalue weighted by molar-refractivity contribution is 7.18. The maximum atomic E-state index is 13.7. The van der Waals surface area contributed by atoms with Crippen LogP contribution in [0.5, 0.6) is 0 Å². The summed E-state index contributed by atoms with van der Waals surface area (Å²) in [7, 11) is 0. The molecule has 1 fully saturated rings. The molecule has 6 heteroatoms. The average Bonchev–Trinajstić information content (AvgIpc) is 3.16. The zero-order valence-corrected chi connectivity index (χ0v) is 17.3. The molecule has 0 aliphatic carbocycles. The molecule has 2 N–H and O–H groups in total. The lowest BCUT2D eigenvalue weighted by atomic mass is 9.77. The van der Waals surface area contributed by atoms with Crippen molar-refractivity contribution in [2.75, 3.05) is 13.1 Å². The zero-order chi connectivity index (χ0) is 20.4. The first-order chi connectivity index (χ1) is 14.0. The Hall–Kier alpha value is -2.73. The number of nitrogens with two attached hydrogens (primary N) is 1. The lowest BCUT2D eigenvalue weighted by molar-refractivity contribution is -0.139. The van der Waals surface area contributed by atoms with Crippen LogP contribution < -0.4 is 5.73 Å². The van der Waals surface area contributed by atoms with Gasteiger partial charge in [-0.25, -0.2) is 4.98 Å². The van der Waals surface area contributed by atoms with Crippen LogP contribution in [0.15, 0.2) is 54.6 Å². The number of benzene rings is 2. The summed E-state index contributed by atoms with van der Waals surface area (Å²) < 4.78 is 1.13. The number of hydrogen-bond acceptors (Lipinski definition) is 4. The van der Waals surface area contributed by atoms with Gasteiger partial charge in [0.1, 0.15) is 0 Å². The van der Waals surface area contributed by atoms with Crippen LogP contribution in [0.25, 0.3) is 10.2 Å². The molecular weight excluding hydrogens is 382 g/mol. The summed E-state index contributed by atoms with van der Waals surface area (Å²) in [4.78, 5) is 31.9. The number of rotatable bonds is 5. The van der Waals surface area contributed by atoms with Crippen LogP contribution in [-0.4, -0.2) is 34.8 Å². The van der Waals surface area contributed by atoms with Crippen molar-refractivity contribution in [3.63, 3.8) is 0 Å². The van der Waals surface area contributed by atoms with Gasteiger partial charge in [0.15, 0.2) is 0 Å². The van der Waals surface area contributed by atoms with Crippen LogP contribution in [0.1, 0.15) is 30.3 Å². The summed E-state index contributed by atoms with van der Waals surface area (Å²) in [6.07, 6.45) is 1.81. The summed E-state index contributed by atoms with van der Waals surface area (Å²) in [5.74, 6) is -0.311. The number of primary amides is 1. The van der Waals surface area contributed by atoms with Crippen molar-refractivity contribution in [1.29, 1.82) is 0 Å². The molecule has 2 heterocycles. The fraction of sp³-hybridized carbons (Fsp3) is 0.348. The molecule has 2 amide bonds. The second kappa shape index (κ2) is 7.95. The van der Waals surface area contributed by atoms with E-state index in [0.717, 1.165) is 20.8 Å². The average molecular weight is 408 g/mol. The molecular formula is C23H25N3O2S. The predicted octanol–water partition coefficient (Wildman–Crippen LogP) is 3.52. The van der Waals surface area contributed by atoms with Gasteiger partial charge in [-0.15, -0.1) is 11.3 Å². The second-order valence-corrected chi connectivity index (χ2v) is 9.03. The van der Waals surface area contributed by atoms with Crippen LogP contribution in [0.3, 0.4) is 0 Å². The Morgan fingerprint density at radius 2 is 1.76 bits per heavy atom. The van der Waals surface area contributed by atoms with Gasteiger partial charge in [-0.2, -0.15) is 0 Å². The summed E-state index contributed by atoms with van der Waals surface area (Å²) in [6, 6.07) is 18.0. The van der Waals surface area contributed by atoms with Gasteiger partial charge in [0, 0.05) is 25.4 Å². The molecule has 1 aliphatic heterocycles. The third kappa shape index (κ3) is 3.90. The Labute approximate surface area is 174 Å². The van der Waals surface area contributed by atoms with E-state index in [1.165, 1.54) is 0 Å². The monoisotopic (exact) mass is 407 g/mol. The first-order valence-corrected chi connectivity index (χ1v) is 10.8. The fourth-order valence-corrected chi connectivity index (χ4v) is 5.24. The number of piperidine rings is 1. The minimum atomic E-state index is -0.714. The fourth-order valence-electron chi connectivity index (χ4n) is 4.12. The van der Waals surface area contributed by atoms with Crippen molar-refractivity contribution in [3.05, 3.63) is 65.2 Å². The van der Waals surface area contributed by atoms with E-state index < -0.39 is 5.41 Å². The van der Waals surface area contributed by atoms with E-state index in [9.17, 15) is 9.59 Å². The van der Waals surface area contributed by atoms with Gasteiger partial charge >= 0.3 is 0 Å². The first kappa shape index (κ1) is 19.6. The highest BCUT2D eigenvalue weighted by Gasteiger charge is 2.40. The van der Waals surface area contributed by atoms with Gasteiger partial charge in [-0.3, -0.25) is 9.59 Å². The number of amides is 2. The van der Waals surface area contributed by atoms with Gasteiger partial charge in [0.05, 0.1) is 20.6 Å². The standard InChI is InChI=1S/C23H25N3O2S/c1-23(17-7-3-2-4-8-17,15-20-25-18-9-5-6-10-19(18)29-20)22(28)26-13-11-16(12-14-26)21(24)27/h2-10,16H,11-15H2,1H3,(H2,24,27). The predicted molar refractivity (Wildman–Crippen MR) is 116 cm³/mol. The van der Waals surface area contributed by atoms with Gasteiger partial charge in [0.25, 0.3) is 0 Å². The molecule has 1 aromatic heterocycles. The van der Waals surface area contributed by atoms with E-state index in [-0.39, 0.29) is 17.7 Å². The minimum Gasteiger partial charge on any atom is -0.369 e. The summed E-state index contributed by atoms with van der Waals surface area (Å²) in [5.41, 5.74) is 6.70. The highest BCUT2D eigenvalue weighted by Crippen LogP contribution is 2.34. The van der Waals surface area contributed by atoms with E-state index in [1.807, 2.05) is 60.4 Å². The maximum Gasteiger partial charge on any atom is 0.233 e. The Morgan fingerprint density at radius 1 is 1.10 bits per heavy atom. The molecule has 1 aliphatic rings. The Morgan fingerprint density at radius 3 is 2.41 bits per heavy atom. The third-order valence-corrected chi connectivity index (χ3v) is 6.95. The molecule has 2 aromatic carbocycles. The SMILES string of the molecule is CC(Cc1nc2ccccc2s1)(C(=O)N1CCC(C(N)=O)CC1)c1ccccc1. The number of thiazole rings is 1. The number of fused-ring (bicyclic) bond motifs is 1. The summed E-state index contributed by atoms with van der Waals surface area (Å²) in [5, 5.41) is 0.956. The quantitative estimate of drug-likeness (QED) is 0.703. The van der Waals surface area contributed by atoms with Crippen molar-refractivity contribution in [2.24, 2.45) is 11.7 Å². The van der Waals surface area contributed by atoms with Crippen molar-refractivity contribution >= 4 is 33.4 Å². The van der Waals surface area contributed by atoms with E-state index in [4.69, 9.17) is 10.7 Å². The first-order valence-electron chi connectivity index (χ1n) is 9.96. The smallest absolute Gasteiger partial charge is 0.233 e. The molecule has 150 valence electrons. The highest BCUT2D eigenvalue weighted by atomic mass is 32.1. The van der Waals surface area contributed by atoms with Gasteiger partial charge in [0.2, 0.25) is 11.8 Å². The topological polar surface area (TPSA) is 76.3 Å². The maximum absolute atomic E-state index is 13.7. The van der Waals surface area contributed by atoms with Crippen molar-refractivity contribution in [2.45, 2.75) is 31.6 Å². The molecule has 0 radical (unpaired) electrons. The number of nitrogens with zero attached hydrogens (tertiary/aromatic N) is 2. The number of carbonyl (C=O) groups is 2. The van der Waals surface area contributed by atoms with Gasteiger partial charge in [-0.1, -0.05) is 42.5 Å². The number of hydrogen-bond donors (Lipinski definition) is 1. The van der Waals surface area contributed by atoms with Crippen LogP contribution >= 0.6 is 11.3 Å². The van der Waals surface area contributed by atoms with Crippen molar-refractivity contribution < 1.29 is 9.59 Å². The number of aromatic nitrogens is 1. The molecule has 1 saturated heterocycles.